The summed E-state index contributed by atoms with van der Waals surface area (Å²) >= 11 is 0. The molecule has 7 heteroatoms. The molecule has 1 fully saturated rings. The summed E-state index contributed by atoms with van der Waals surface area (Å²) in [5, 5.41) is 3.48. The predicted molar refractivity (Wildman–Crippen MR) is 125 cm³/mol. The highest BCUT2D eigenvalue weighted by Crippen LogP contribution is 2.32. The molecule has 0 spiro atoms. The van der Waals surface area contributed by atoms with Crippen molar-refractivity contribution in [2.24, 2.45) is 4.99 Å². The number of nitrogens with one attached hydrogen (secondary N) is 1. The van der Waals surface area contributed by atoms with E-state index in [2.05, 4.69) is 27.3 Å². The zero-order valence-electron chi connectivity index (χ0n) is 16.7. The average molecular weight is 509 g/mol. The molecule has 1 saturated heterocycles. The van der Waals surface area contributed by atoms with E-state index in [0.717, 1.165) is 62.1 Å². The topological polar surface area (TPSA) is 55.3 Å². The van der Waals surface area contributed by atoms with Gasteiger partial charge in [-0.1, -0.05) is 24.3 Å². The summed E-state index contributed by atoms with van der Waals surface area (Å²) in [6.07, 6.45) is 3.17. The van der Waals surface area contributed by atoms with Crippen molar-refractivity contribution in [1.82, 2.24) is 10.2 Å². The third kappa shape index (κ3) is 5.68. The Morgan fingerprint density at radius 3 is 2.62 bits per heavy atom. The van der Waals surface area contributed by atoms with E-state index in [9.17, 15) is 0 Å². The fourth-order valence-corrected chi connectivity index (χ4v) is 3.62. The summed E-state index contributed by atoms with van der Waals surface area (Å²) in [6.45, 7) is 3.03. The van der Waals surface area contributed by atoms with Crippen LogP contribution in [0.3, 0.4) is 0 Å². The molecule has 0 saturated carbocycles. The van der Waals surface area contributed by atoms with Crippen LogP contribution >= 0.6 is 24.0 Å². The normalized spacial score (nSPS) is 16.3. The lowest BCUT2D eigenvalue weighted by Crippen LogP contribution is -2.47. The zero-order valence-corrected chi connectivity index (χ0v) is 19.0. The number of halogens is 1. The van der Waals surface area contributed by atoms with Crippen molar-refractivity contribution in [3.63, 3.8) is 0 Å². The van der Waals surface area contributed by atoms with E-state index in [1.807, 2.05) is 43.4 Å². The lowest BCUT2D eigenvalue weighted by molar-refractivity contribution is 0.129. The van der Waals surface area contributed by atoms with Gasteiger partial charge in [0.25, 0.3) is 0 Å². The van der Waals surface area contributed by atoms with E-state index >= 15 is 0 Å². The fraction of sp³-hybridized carbons (Fsp3) is 0.409. The van der Waals surface area contributed by atoms with Gasteiger partial charge in [-0.25, -0.2) is 0 Å². The van der Waals surface area contributed by atoms with E-state index in [-0.39, 0.29) is 30.1 Å². The van der Waals surface area contributed by atoms with Gasteiger partial charge in [0.2, 0.25) is 6.79 Å². The number of fused-ring (bicyclic) bond motifs is 1. The Hall–Kier alpha value is -2.16. The minimum absolute atomic E-state index is 0. The molecule has 156 valence electrons. The first-order chi connectivity index (χ1) is 13.8. The van der Waals surface area contributed by atoms with Crippen LogP contribution in [0.15, 0.2) is 53.5 Å². The molecule has 0 amide bonds. The minimum atomic E-state index is 0. The fourth-order valence-electron chi connectivity index (χ4n) is 3.62. The van der Waals surface area contributed by atoms with Crippen LogP contribution < -0.4 is 19.5 Å². The molecule has 0 aliphatic carbocycles. The SMILES string of the molecule is CN=C(NCCc1ccc2c(c1)OCO2)N1CCC(Oc2ccccc2)CC1.I. The second-order valence-electron chi connectivity index (χ2n) is 7.03. The van der Waals surface area contributed by atoms with Crippen molar-refractivity contribution >= 4 is 29.9 Å². The third-order valence-corrected chi connectivity index (χ3v) is 5.13. The van der Waals surface area contributed by atoms with Crippen molar-refractivity contribution in [3.05, 3.63) is 54.1 Å². The molecular weight excluding hydrogens is 481 g/mol. The molecule has 0 atom stereocenters. The van der Waals surface area contributed by atoms with Gasteiger partial charge in [-0.2, -0.15) is 0 Å². The van der Waals surface area contributed by atoms with E-state index in [1.165, 1.54) is 5.56 Å². The van der Waals surface area contributed by atoms with Crippen molar-refractivity contribution < 1.29 is 14.2 Å². The summed E-state index contributed by atoms with van der Waals surface area (Å²) in [5.74, 6) is 3.57. The van der Waals surface area contributed by atoms with Gasteiger partial charge in [-0.3, -0.25) is 4.99 Å². The molecule has 0 bridgehead atoms. The number of benzene rings is 2. The lowest BCUT2D eigenvalue weighted by Gasteiger charge is -2.34. The Labute approximate surface area is 189 Å². The van der Waals surface area contributed by atoms with Crippen LogP contribution in [0.25, 0.3) is 0 Å². The smallest absolute Gasteiger partial charge is 0.231 e. The van der Waals surface area contributed by atoms with Crippen molar-refractivity contribution in [1.29, 1.82) is 0 Å². The third-order valence-electron chi connectivity index (χ3n) is 5.13. The zero-order chi connectivity index (χ0) is 19.2. The predicted octanol–water partition coefficient (Wildman–Crippen LogP) is 3.69. The number of hydrogen-bond acceptors (Lipinski definition) is 4. The monoisotopic (exact) mass is 509 g/mol. The molecule has 6 nitrogen and oxygen atoms in total. The number of guanidine groups is 1. The maximum absolute atomic E-state index is 6.08. The van der Waals surface area contributed by atoms with E-state index in [1.54, 1.807) is 0 Å². The summed E-state index contributed by atoms with van der Waals surface area (Å²) in [6, 6.07) is 16.2. The van der Waals surface area contributed by atoms with Gasteiger partial charge < -0.3 is 24.4 Å². The van der Waals surface area contributed by atoms with Gasteiger partial charge >= 0.3 is 0 Å². The summed E-state index contributed by atoms with van der Waals surface area (Å²) < 4.78 is 16.9. The van der Waals surface area contributed by atoms with E-state index in [0.29, 0.717) is 6.79 Å². The summed E-state index contributed by atoms with van der Waals surface area (Å²) in [4.78, 5) is 6.77. The van der Waals surface area contributed by atoms with Gasteiger partial charge in [-0.15, -0.1) is 24.0 Å². The average Bonchev–Trinajstić information content (AvgIpc) is 3.21. The van der Waals surface area contributed by atoms with Crippen LogP contribution in [-0.2, 0) is 6.42 Å². The van der Waals surface area contributed by atoms with Crippen LogP contribution in [0.5, 0.6) is 17.2 Å². The quantitative estimate of drug-likeness (QED) is 0.379. The molecule has 2 aromatic carbocycles. The highest BCUT2D eigenvalue weighted by atomic mass is 127. The Morgan fingerprint density at radius 1 is 1.10 bits per heavy atom. The molecular formula is C22H28IN3O3. The number of hydrogen-bond donors (Lipinski definition) is 1. The first-order valence-electron chi connectivity index (χ1n) is 9.87. The summed E-state index contributed by atoms with van der Waals surface area (Å²) in [7, 11) is 1.84. The van der Waals surface area contributed by atoms with Crippen molar-refractivity contribution in [2.45, 2.75) is 25.4 Å². The number of nitrogens with zero attached hydrogens (tertiary/aromatic N) is 2. The van der Waals surface area contributed by atoms with Crippen LogP contribution in [0, 0.1) is 0 Å². The molecule has 2 aromatic rings. The van der Waals surface area contributed by atoms with E-state index < -0.39 is 0 Å². The molecule has 29 heavy (non-hydrogen) atoms. The standard InChI is InChI=1S/C22H27N3O3.HI/c1-23-22(24-12-9-17-7-8-20-21(15-17)27-16-26-20)25-13-10-19(11-14-25)28-18-5-3-2-4-6-18;/h2-8,15,19H,9-14,16H2,1H3,(H,23,24);1H. The van der Waals surface area contributed by atoms with Gasteiger partial charge in [0.1, 0.15) is 11.9 Å². The number of piperidine rings is 1. The first kappa shape index (κ1) is 21.5. The molecule has 2 aliphatic rings. The maximum atomic E-state index is 6.08. The molecule has 2 heterocycles. The first-order valence-corrected chi connectivity index (χ1v) is 9.87. The van der Waals surface area contributed by atoms with Crippen molar-refractivity contribution in [3.8, 4) is 17.2 Å². The van der Waals surface area contributed by atoms with Crippen LogP contribution in [-0.4, -0.2) is 50.4 Å². The van der Waals surface area contributed by atoms with Crippen LogP contribution in [0.1, 0.15) is 18.4 Å². The van der Waals surface area contributed by atoms with Gasteiger partial charge in [0, 0.05) is 39.5 Å². The van der Waals surface area contributed by atoms with Gasteiger partial charge in [0.05, 0.1) is 0 Å². The van der Waals surface area contributed by atoms with Gasteiger partial charge in [-0.05, 0) is 36.2 Å². The van der Waals surface area contributed by atoms with Crippen LogP contribution in [0.2, 0.25) is 0 Å². The number of rotatable bonds is 5. The molecule has 4 rings (SSSR count). The molecule has 0 unspecified atom stereocenters. The largest absolute Gasteiger partial charge is 0.490 e. The van der Waals surface area contributed by atoms with E-state index in [4.69, 9.17) is 14.2 Å². The number of likely N-dealkylation sites (tertiary alicyclic amines) is 1. The molecule has 0 radical (unpaired) electrons. The highest BCUT2D eigenvalue weighted by Gasteiger charge is 2.22. The van der Waals surface area contributed by atoms with Crippen molar-refractivity contribution in [2.75, 3.05) is 33.5 Å². The maximum Gasteiger partial charge on any atom is 0.231 e. The molecule has 0 aromatic heterocycles. The summed E-state index contributed by atoms with van der Waals surface area (Å²) in [5.41, 5.74) is 1.22. The lowest BCUT2D eigenvalue weighted by atomic mass is 10.1. The molecule has 1 N–H and O–H groups in total. The van der Waals surface area contributed by atoms with Gasteiger partial charge in [0.15, 0.2) is 17.5 Å². The Morgan fingerprint density at radius 2 is 1.86 bits per heavy atom. The minimum Gasteiger partial charge on any atom is -0.490 e. The van der Waals surface area contributed by atoms with Crippen LogP contribution in [0.4, 0.5) is 0 Å². The number of ether oxygens (including phenoxy) is 3. The second-order valence-corrected chi connectivity index (χ2v) is 7.03. The molecule has 2 aliphatic heterocycles. The Bertz CT molecular complexity index is 808. The highest BCUT2D eigenvalue weighted by molar-refractivity contribution is 14.0. The Kier molecular flexibility index (Phi) is 7.85. The Balaban J connectivity index is 0.00000240. The number of aliphatic imine (C=N–C) groups is 1. The second kappa shape index (κ2) is 10.6. The number of para-hydroxylation sites is 1.